The van der Waals surface area contributed by atoms with E-state index >= 15 is 0 Å². The lowest BCUT2D eigenvalue weighted by atomic mass is 10.2. The van der Waals surface area contributed by atoms with Gasteiger partial charge in [0.1, 0.15) is 11.5 Å². The van der Waals surface area contributed by atoms with Gasteiger partial charge in [0.2, 0.25) is 15.9 Å². The number of nitrogens with one attached hydrogen (secondary N) is 2. The lowest BCUT2D eigenvalue weighted by Crippen LogP contribution is -2.35. The lowest BCUT2D eigenvalue weighted by Gasteiger charge is -2.25. The molecule has 0 atom stereocenters. The molecule has 0 unspecified atom stereocenters. The molecular formula is C21H26ClN3O5S. The predicted molar refractivity (Wildman–Crippen MR) is 121 cm³/mol. The molecule has 0 spiro atoms. The maximum absolute atomic E-state index is 12.7. The van der Waals surface area contributed by atoms with E-state index in [4.69, 9.17) is 21.1 Å². The third-order valence-electron chi connectivity index (χ3n) is 5.00. The summed E-state index contributed by atoms with van der Waals surface area (Å²) in [6, 6.07) is 9.44. The van der Waals surface area contributed by atoms with Crippen LogP contribution in [0.1, 0.15) is 19.3 Å². The van der Waals surface area contributed by atoms with Crippen LogP contribution in [0.4, 0.5) is 11.4 Å². The van der Waals surface area contributed by atoms with E-state index in [1.807, 2.05) is 0 Å². The second-order valence-electron chi connectivity index (χ2n) is 7.08. The van der Waals surface area contributed by atoms with E-state index in [-0.39, 0.29) is 17.3 Å². The Morgan fingerprint density at radius 1 is 1.03 bits per heavy atom. The van der Waals surface area contributed by atoms with Crippen LogP contribution in [-0.4, -0.2) is 52.5 Å². The Labute approximate surface area is 187 Å². The number of carbonyl (C=O) groups excluding carboxylic acids is 1. The summed E-state index contributed by atoms with van der Waals surface area (Å²) in [6.45, 7) is 1.06. The number of piperidine rings is 1. The van der Waals surface area contributed by atoms with E-state index in [0.717, 1.165) is 19.3 Å². The molecule has 31 heavy (non-hydrogen) atoms. The molecule has 0 saturated carbocycles. The van der Waals surface area contributed by atoms with Crippen LogP contribution in [0.2, 0.25) is 5.02 Å². The van der Waals surface area contributed by atoms with Crippen LogP contribution in [0.5, 0.6) is 11.5 Å². The van der Waals surface area contributed by atoms with Gasteiger partial charge in [0, 0.05) is 30.9 Å². The van der Waals surface area contributed by atoms with Crippen molar-refractivity contribution in [3.8, 4) is 11.5 Å². The number of sulfonamides is 1. The van der Waals surface area contributed by atoms with Gasteiger partial charge in [-0.3, -0.25) is 4.79 Å². The number of carbonyl (C=O) groups is 1. The first-order chi connectivity index (χ1) is 14.8. The van der Waals surface area contributed by atoms with E-state index in [9.17, 15) is 13.2 Å². The Kier molecular flexibility index (Phi) is 7.64. The zero-order valence-electron chi connectivity index (χ0n) is 17.5. The fourth-order valence-electron chi connectivity index (χ4n) is 3.34. The Balaban J connectivity index is 1.61. The number of hydrogen-bond acceptors (Lipinski definition) is 6. The predicted octanol–water partition coefficient (Wildman–Crippen LogP) is 3.58. The molecule has 3 rings (SSSR count). The van der Waals surface area contributed by atoms with Crippen LogP contribution < -0.4 is 20.1 Å². The fraction of sp³-hybridized carbons (Fsp3) is 0.381. The molecule has 1 heterocycles. The van der Waals surface area contributed by atoms with Crippen molar-refractivity contribution in [2.75, 3.05) is 44.5 Å². The minimum Gasteiger partial charge on any atom is -0.495 e. The van der Waals surface area contributed by atoms with Crippen LogP contribution in [-0.2, 0) is 14.8 Å². The molecule has 2 aromatic rings. The van der Waals surface area contributed by atoms with Gasteiger partial charge in [-0.15, -0.1) is 0 Å². The van der Waals surface area contributed by atoms with Gasteiger partial charge in [-0.2, -0.15) is 4.31 Å². The molecular weight excluding hydrogens is 442 g/mol. The van der Waals surface area contributed by atoms with Crippen LogP contribution in [0.15, 0.2) is 41.3 Å². The summed E-state index contributed by atoms with van der Waals surface area (Å²) in [5.41, 5.74) is 1.06. The molecule has 168 valence electrons. The summed E-state index contributed by atoms with van der Waals surface area (Å²) in [4.78, 5) is 12.6. The zero-order chi connectivity index (χ0) is 22.4. The molecule has 1 saturated heterocycles. The average molecular weight is 468 g/mol. The summed E-state index contributed by atoms with van der Waals surface area (Å²) in [7, 11) is -0.497. The van der Waals surface area contributed by atoms with Crippen molar-refractivity contribution in [1.82, 2.24) is 4.31 Å². The highest BCUT2D eigenvalue weighted by Gasteiger charge is 2.25. The maximum Gasteiger partial charge on any atom is 0.243 e. The number of amides is 1. The molecule has 0 aromatic heterocycles. The molecule has 10 heteroatoms. The van der Waals surface area contributed by atoms with Crippen molar-refractivity contribution in [3.63, 3.8) is 0 Å². The third kappa shape index (κ3) is 5.61. The molecule has 1 aliphatic heterocycles. The van der Waals surface area contributed by atoms with Gasteiger partial charge in [-0.1, -0.05) is 18.0 Å². The van der Waals surface area contributed by atoms with E-state index in [1.54, 1.807) is 24.3 Å². The molecule has 2 aromatic carbocycles. The molecule has 0 aliphatic carbocycles. The van der Waals surface area contributed by atoms with Crippen molar-refractivity contribution in [2.24, 2.45) is 0 Å². The summed E-state index contributed by atoms with van der Waals surface area (Å²) in [6.07, 6.45) is 2.81. The number of rotatable bonds is 8. The van der Waals surface area contributed by atoms with Gasteiger partial charge in [-0.25, -0.2) is 8.42 Å². The SMILES string of the molecule is COc1cc(NCC(=O)Nc2ccc(S(=O)(=O)N3CCCCC3)cc2)c(OC)cc1Cl. The zero-order valence-corrected chi connectivity index (χ0v) is 19.1. The largest absolute Gasteiger partial charge is 0.495 e. The molecule has 1 amide bonds. The molecule has 2 N–H and O–H groups in total. The molecule has 0 radical (unpaired) electrons. The van der Waals surface area contributed by atoms with Gasteiger partial charge in [0.05, 0.1) is 36.4 Å². The highest BCUT2D eigenvalue weighted by molar-refractivity contribution is 7.89. The minimum atomic E-state index is -3.50. The topological polar surface area (TPSA) is 97.0 Å². The van der Waals surface area contributed by atoms with Crippen LogP contribution >= 0.6 is 11.6 Å². The number of methoxy groups -OCH3 is 2. The van der Waals surface area contributed by atoms with E-state index in [1.165, 1.54) is 30.7 Å². The Bertz CT molecular complexity index is 1020. The maximum atomic E-state index is 12.7. The third-order valence-corrected chi connectivity index (χ3v) is 7.21. The van der Waals surface area contributed by atoms with Crippen molar-refractivity contribution in [2.45, 2.75) is 24.2 Å². The van der Waals surface area contributed by atoms with Gasteiger partial charge >= 0.3 is 0 Å². The number of halogens is 1. The van der Waals surface area contributed by atoms with Crippen molar-refractivity contribution in [1.29, 1.82) is 0 Å². The lowest BCUT2D eigenvalue weighted by molar-refractivity contribution is -0.114. The second kappa shape index (κ2) is 10.2. The van der Waals surface area contributed by atoms with Crippen molar-refractivity contribution >= 4 is 38.9 Å². The number of anilines is 2. The number of hydrogen-bond donors (Lipinski definition) is 2. The summed E-state index contributed by atoms with van der Waals surface area (Å²) in [5, 5.41) is 6.12. The van der Waals surface area contributed by atoms with Gasteiger partial charge in [-0.05, 0) is 37.1 Å². The molecule has 1 fully saturated rings. The second-order valence-corrected chi connectivity index (χ2v) is 9.42. The number of nitrogens with zero attached hydrogens (tertiary/aromatic N) is 1. The van der Waals surface area contributed by atoms with Gasteiger partial charge < -0.3 is 20.1 Å². The van der Waals surface area contributed by atoms with Gasteiger partial charge in [0.25, 0.3) is 0 Å². The van der Waals surface area contributed by atoms with Gasteiger partial charge in [0.15, 0.2) is 0 Å². The first-order valence-corrected chi connectivity index (χ1v) is 11.7. The van der Waals surface area contributed by atoms with Crippen LogP contribution in [0, 0.1) is 0 Å². The smallest absolute Gasteiger partial charge is 0.243 e. The molecule has 1 aliphatic rings. The normalized spacial score (nSPS) is 14.7. The monoisotopic (exact) mass is 467 g/mol. The minimum absolute atomic E-state index is 0.0328. The first-order valence-electron chi connectivity index (χ1n) is 9.90. The first kappa shape index (κ1) is 23.2. The Morgan fingerprint density at radius 2 is 1.68 bits per heavy atom. The molecule has 0 bridgehead atoms. The van der Waals surface area contributed by atoms with E-state index in [2.05, 4.69) is 10.6 Å². The van der Waals surface area contributed by atoms with Crippen LogP contribution in [0.3, 0.4) is 0 Å². The van der Waals surface area contributed by atoms with Crippen molar-refractivity contribution in [3.05, 3.63) is 41.4 Å². The quantitative estimate of drug-likeness (QED) is 0.616. The standard InChI is InChI=1S/C21H26ClN3O5S/c1-29-19-13-18(20(30-2)12-17(19)22)23-14-21(26)24-15-6-8-16(9-7-15)31(27,28)25-10-4-3-5-11-25/h6-9,12-13,23H,3-5,10-11,14H2,1-2H3,(H,24,26). The number of ether oxygens (including phenoxy) is 2. The van der Waals surface area contributed by atoms with E-state index in [0.29, 0.717) is 41.0 Å². The fourth-order valence-corrected chi connectivity index (χ4v) is 5.09. The highest BCUT2D eigenvalue weighted by atomic mass is 35.5. The molecule has 8 nitrogen and oxygen atoms in total. The summed E-state index contributed by atoms with van der Waals surface area (Å²) < 4.78 is 37.4. The van der Waals surface area contributed by atoms with Crippen molar-refractivity contribution < 1.29 is 22.7 Å². The highest BCUT2D eigenvalue weighted by Crippen LogP contribution is 2.35. The number of benzene rings is 2. The average Bonchev–Trinajstić information content (AvgIpc) is 2.79. The van der Waals surface area contributed by atoms with Crippen LogP contribution in [0.25, 0.3) is 0 Å². The summed E-state index contributed by atoms with van der Waals surface area (Å²) >= 11 is 6.09. The Hall–Kier alpha value is -2.49. The van der Waals surface area contributed by atoms with E-state index < -0.39 is 10.0 Å². The summed E-state index contributed by atoms with van der Waals surface area (Å²) in [5.74, 6) is 0.629. The Morgan fingerprint density at radius 3 is 2.29 bits per heavy atom.